The number of thioether (sulfide) groups is 1. The van der Waals surface area contributed by atoms with Crippen molar-refractivity contribution < 1.29 is 9.47 Å². The van der Waals surface area contributed by atoms with Gasteiger partial charge in [-0.15, -0.1) is 0 Å². The van der Waals surface area contributed by atoms with E-state index in [-0.39, 0.29) is 12.1 Å². The molecule has 152 valence electrons. The van der Waals surface area contributed by atoms with Crippen molar-refractivity contribution >= 4 is 22.6 Å². The van der Waals surface area contributed by atoms with Gasteiger partial charge in [0.15, 0.2) is 5.17 Å². The van der Waals surface area contributed by atoms with Crippen molar-refractivity contribution in [3.05, 3.63) is 53.9 Å². The van der Waals surface area contributed by atoms with Crippen LogP contribution in [0.15, 0.2) is 47.6 Å². The van der Waals surface area contributed by atoms with Gasteiger partial charge in [-0.05, 0) is 29.8 Å². The van der Waals surface area contributed by atoms with Crippen molar-refractivity contribution in [1.82, 2.24) is 9.88 Å². The average molecular weight is 411 g/mol. The molecule has 1 aromatic carbocycles. The molecule has 2 fully saturated rings. The molecule has 2 saturated heterocycles. The minimum Gasteiger partial charge on any atom is -0.495 e. The summed E-state index contributed by atoms with van der Waals surface area (Å²) >= 11 is 1.86. The van der Waals surface area contributed by atoms with E-state index in [0.29, 0.717) is 5.25 Å². The van der Waals surface area contributed by atoms with E-state index < -0.39 is 0 Å². The second-order valence-electron chi connectivity index (χ2n) is 7.67. The largest absolute Gasteiger partial charge is 0.495 e. The first kappa shape index (κ1) is 18.8. The number of hydrogen-bond donors (Lipinski definition) is 0. The van der Waals surface area contributed by atoms with Gasteiger partial charge in [0.1, 0.15) is 11.8 Å². The summed E-state index contributed by atoms with van der Waals surface area (Å²) in [5.74, 6) is 0.914. The zero-order valence-corrected chi connectivity index (χ0v) is 17.6. The van der Waals surface area contributed by atoms with Gasteiger partial charge in [-0.3, -0.25) is 9.98 Å². The molecule has 5 rings (SSSR count). The highest BCUT2D eigenvalue weighted by Crippen LogP contribution is 2.48. The third kappa shape index (κ3) is 3.46. The van der Waals surface area contributed by atoms with Gasteiger partial charge in [0.2, 0.25) is 0 Å². The number of amidine groups is 1. The topological polar surface area (TPSA) is 50.2 Å². The maximum atomic E-state index is 5.81. The van der Waals surface area contributed by atoms with E-state index in [0.717, 1.165) is 55.1 Å². The van der Waals surface area contributed by atoms with Gasteiger partial charge >= 0.3 is 0 Å². The van der Waals surface area contributed by atoms with Crippen molar-refractivity contribution in [1.29, 1.82) is 0 Å². The Morgan fingerprint density at radius 2 is 2.03 bits per heavy atom. The highest BCUT2D eigenvalue weighted by molar-refractivity contribution is 8.14. The van der Waals surface area contributed by atoms with Crippen molar-refractivity contribution in [2.75, 3.05) is 44.9 Å². The van der Waals surface area contributed by atoms with Crippen molar-refractivity contribution in [2.45, 2.75) is 24.3 Å². The number of nitrogens with zero attached hydrogens (tertiary/aromatic N) is 4. The molecule has 0 amide bonds. The Morgan fingerprint density at radius 1 is 1.17 bits per heavy atom. The molecule has 3 aliphatic rings. The maximum absolute atomic E-state index is 5.81. The molecule has 3 aliphatic heterocycles. The van der Waals surface area contributed by atoms with Crippen LogP contribution in [0.5, 0.6) is 5.75 Å². The molecule has 0 radical (unpaired) electrons. The van der Waals surface area contributed by atoms with E-state index >= 15 is 0 Å². The van der Waals surface area contributed by atoms with Gasteiger partial charge in [0.25, 0.3) is 0 Å². The molecular weight excluding hydrogens is 384 g/mol. The van der Waals surface area contributed by atoms with Gasteiger partial charge < -0.3 is 19.3 Å². The zero-order valence-electron chi connectivity index (χ0n) is 16.8. The summed E-state index contributed by atoms with van der Waals surface area (Å²) in [6.45, 7) is 6.57. The van der Waals surface area contributed by atoms with E-state index in [4.69, 9.17) is 14.5 Å². The number of morpholine rings is 1. The second-order valence-corrected chi connectivity index (χ2v) is 9.07. The van der Waals surface area contributed by atoms with Crippen molar-refractivity contribution in [2.24, 2.45) is 4.99 Å². The van der Waals surface area contributed by atoms with Crippen molar-refractivity contribution in [3.8, 4) is 5.75 Å². The highest BCUT2D eigenvalue weighted by Gasteiger charge is 2.43. The molecule has 29 heavy (non-hydrogen) atoms. The minimum absolute atomic E-state index is 0.00476. The maximum Gasteiger partial charge on any atom is 0.160 e. The Kier molecular flexibility index (Phi) is 5.09. The fraction of sp³-hybridized carbons (Fsp3) is 0.455. The van der Waals surface area contributed by atoms with Gasteiger partial charge in [-0.25, -0.2) is 0 Å². The van der Waals surface area contributed by atoms with Crippen LogP contribution in [0.3, 0.4) is 0 Å². The lowest BCUT2D eigenvalue weighted by Crippen LogP contribution is -2.36. The Bertz CT molecular complexity index is 901. The highest BCUT2D eigenvalue weighted by atomic mass is 32.2. The normalized spacial score (nSPS) is 26.4. The number of aromatic nitrogens is 1. The van der Waals surface area contributed by atoms with E-state index in [1.54, 1.807) is 7.11 Å². The summed E-state index contributed by atoms with van der Waals surface area (Å²) in [6.07, 6.45) is 1.86. The molecule has 4 heterocycles. The molecule has 0 saturated carbocycles. The summed E-state index contributed by atoms with van der Waals surface area (Å²) in [7, 11) is 1.75. The Labute approximate surface area is 175 Å². The molecular formula is C22H26N4O2S. The number of benzene rings is 1. The van der Waals surface area contributed by atoms with Crippen LogP contribution >= 0.6 is 11.8 Å². The standard InChI is InChI=1S/C22H26N4O2S/c1-15-14-26-21(20(24-22(26)29-15)17-5-3-4-8-23-17)16-6-7-18(19(13-16)27-2)25-9-11-28-12-10-25/h3-8,13,15,20-21H,9-12,14H2,1-2H3/t15-,20+,21-/m0/s1. The number of hydrogen-bond acceptors (Lipinski definition) is 7. The second kappa shape index (κ2) is 7.88. The fourth-order valence-electron chi connectivity index (χ4n) is 4.42. The van der Waals surface area contributed by atoms with Crippen LogP contribution in [0.1, 0.15) is 30.3 Å². The lowest BCUT2D eigenvalue weighted by Gasteiger charge is -2.32. The van der Waals surface area contributed by atoms with Gasteiger partial charge in [0, 0.05) is 31.1 Å². The summed E-state index contributed by atoms with van der Waals surface area (Å²) in [5.41, 5.74) is 3.38. The smallest absolute Gasteiger partial charge is 0.160 e. The summed E-state index contributed by atoms with van der Waals surface area (Å²) in [4.78, 5) is 14.5. The number of pyridine rings is 1. The molecule has 0 N–H and O–H groups in total. The summed E-state index contributed by atoms with van der Waals surface area (Å²) in [5, 5.41) is 1.69. The van der Waals surface area contributed by atoms with Gasteiger partial charge in [-0.1, -0.05) is 30.8 Å². The monoisotopic (exact) mass is 410 g/mol. The molecule has 0 unspecified atom stereocenters. The molecule has 3 atom stereocenters. The number of rotatable bonds is 4. The zero-order chi connectivity index (χ0) is 19.8. The number of anilines is 1. The first-order valence-electron chi connectivity index (χ1n) is 10.2. The molecule has 7 heteroatoms. The first-order valence-corrected chi connectivity index (χ1v) is 11.0. The number of fused-ring (bicyclic) bond motifs is 1. The Morgan fingerprint density at radius 3 is 2.79 bits per heavy atom. The van der Waals surface area contributed by atoms with Crippen LogP contribution in [0.2, 0.25) is 0 Å². The van der Waals surface area contributed by atoms with Gasteiger partial charge in [0.05, 0.1) is 37.7 Å². The van der Waals surface area contributed by atoms with Crippen LogP contribution in [-0.4, -0.2) is 60.3 Å². The van der Waals surface area contributed by atoms with Crippen LogP contribution in [-0.2, 0) is 4.74 Å². The predicted molar refractivity (Wildman–Crippen MR) is 117 cm³/mol. The third-order valence-corrected chi connectivity index (χ3v) is 6.88. The van der Waals surface area contributed by atoms with Crippen LogP contribution in [0.25, 0.3) is 0 Å². The quantitative estimate of drug-likeness (QED) is 0.769. The Balaban J connectivity index is 1.52. The van der Waals surface area contributed by atoms with E-state index in [9.17, 15) is 0 Å². The SMILES string of the molecule is COc1cc([C@H]2[C@@H](c3ccccn3)N=C3S[C@@H](C)CN32)ccc1N1CCOCC1. The molecule has 2 aromatic rings. The molecule has 0 spiro atoms. The van der Waals surface area contributed by atoms with Crippen LogP contribution < -0.4 is 9.64 Å². The van der Waals surface area contributed by atoms with Crippen LogP contribution in [0.4, 0.5) is 5.69 Å². The predicted octanol–water partition coefficient (Wildman–Crippen LogP) is 3.52. The molecule has 6 nitrogen and oxygen atoms in total. The summed E-state index contributed by atoms with van der Waals surface area (Å²) < 4.78 is 11.3. The lowest BCUT2D eigenvalue weighted by atomic mass is 9.95. The van der Waals surface area contributed by atoms with E-state index in [1.165, 1.54) is 5.56 Å². The molecule has 0 aliphatic carbocycles. The molecule has 1 aromatic heterocycles. The first-order chi connectivity index (χ1) is 14.2. The number of methoxy groups -OCH3 is 1. The molecule has 0 bridgehead atoms. The van der Waals surface area contributed by atoms with Crippen molar-refractivity contribution in [3.63, 3.8) is 0 Å². The number of ether oxygens (including phenoxy) is 2. The van der Waals surface area contributed by atoms with E-state index in [2.05, 4.69) is 46.0 Å². The Hall–Kier alpha value is -2.25. The fourth-order valence-corrected chi connectivity index (χ4v) is 5.51. The third-order valence-electron chi connectivity index (χ3n) is 5.78. The van der Waals surface area contributed by atoms with Crippen LogP contribution in [0, 0.1) is 0 Å². The summed E-state index contributed by atoms with van der Waals surface area (Å²) in [6, 6.07) is 12.9. The minimum atomic E-state index is 0.00476. The lowest BCUT2D eigenvalue weighted by molar-refractivity contribution is 0.122. The van der Waals surface area contributed by atoms with E-state index in [1.807, 2.05) is 30.1 Å². The van der Waals surface area contributed by atoms with Gasteiger partial charge in [-0.2, -0.15) is 0 Å². The average Bonchev–Trinajstić information content (AvgIpc) is 3.30. The number of aliphatic imine (C=N–C) groups is 1.